The zero-order chi connectivity index (χ0) is 13.3. The highest BCUT2D eigenvalue weighted by atomic mass is 32.2. The minimum absolute atomic E-state index is 0.0241. The molecule has 1 aromatic carbocycles. The number of rotatable bonds is 2. The van der Waals surface area contributed by atoms with E-state index in [2.05, 4.69) is 5.32 Å². The van der Waals surface area contributed by atoms with Crippen LogP contribution < -0.4 is 10.6 Å². The van der Waals surface area contributed by atoms with Crippen LogP contribution in [0.1, 0.15) is 11.6 Å². The fourth-order valence-electron chi connectivity index (χ4n) is 1.51. The molecule has 0 aliphatic carbocycles. The molecular weight excluding hydrogens is 269 g/mol. The van der Waals surface area contributed by atoms with E-state index in [0.717, 1.165) is 0 Å². The van der Waals surface area contributed by atoms with Crippen molar-refractivity contribution in [3.63, 3.8) is 0 Å². The van der Waals surface area contributed by atoms with Crippen molar-refractivity contribution in [1.29, 1.82) is 0 Å². The van der Waals surface area contributed by atoms with Crippen molar-refractivity contribution in [2.75, 3.05) is 0 Å². The van der Waals surface area contributed by atoms with E-state index in [-0.39, 0.29) is 16.7 Å². The lowest BCUT2D eigenvalue weighted by atomic mass is 10.1. The molecule has 4 nitrogen and oxygen atoms in total. The van der Waals surface area contributed by atoms with Gasteiger partial charge >= 0.3 is 11.5 Å². The third-order valence-corrected chi connectivity index (χ3v) is 2.96. The number of alkyl halides is 3. The second-order valence-electron chi connectivity index (χ2n) is 3.51. The Morgan fingerprint density at radius 1 is 1.11 bits per heavy atom. The van der Waals surface area contributed by atoms with Crippen LogP contribution in [0.5, 0.6) is 0 Å². The molecule has 0 aromatic heterocycles. The lowest BCUT2D eigenvalue weighted by Gasteiger charge is -2.09. The number of benzene rings is 1. The molecule has 96 valence electrons. The van der Waals surface area contributed by atoms with Crippen LogP contribution in [0.25, 0.3) is 0 Å². The van der Waals surface area contributed by atoms with Gasteiger partial charge in [0.25, 0.3) is 5.91 Å². The van der Waals surface area contributed by atoms with Crippen LogP contribution in [0.4, 0.5) is 18.0 Å². The summed E-state index contributed by atoms with van der Waals surface area (Å²) < 4.78 is 36.3. The Labute approximate surface area is 104 Å². The molecule has 1 atom stereocenters. The number of urea groups is 1. The number of thioether (sulfide) groups is 1. The first-order chi connectivity index (χ1) is 8.35. The SMILES string of the molecule is O=C1NC(=O)C(c2ccc(SC(F)(F)F)cc2)N1. The van der Waals surface area contributed by atoms with E-state index in [9.17, 15) is 22.8 Å². The highest BCUT2D eigenvalue weighted by Gasteiger charge is 2.32. The molecular formula is C10H7F3N2O2S. The molecule has 1 aliphatic rings. The van der Waals surface area contributed by atoms with Gasteiger partial charge in [0.2, 0.25) is 0 Å². The number of carbonyl (C=O) groups is 2. The summed E-state index contributed by atoms with van der Waals surface area (Å²) in [6.07, 6.45) is 0. The molecule has 1 saturated heterocycles. The van der Waals surface area contributed by atoms with Crippen LogP contribution in [0, 0.1) is 0 Å². The summed E-state index contributed by atoms with van der Waals surface area (Å²) in [6, 6.07) is 3.81. The molecule has 3 amide bonds. The summed E-state index contributed by atoms with van der Waals surface area (Å²) in [4.78, 5) is 22.2. The average Bonchev–Trinajstić information content (AvgIpc) is 2.57. The first kappa shape index (κ1) is 12.7. The van der Waals surface area contributed by atoms with E-state index < -0.39 is 23.5 Å². The van der Waals surface area contributed by atoms with Gasteiger partial charge < -0.3 is 5.32 Å². The molecule has 0 saturated carbocycles. The van der Waals surface area contributed by atoms with Crippen LogP contribution in [0.3, 0.4) is 0 Å². The number of hydrogen-bond donors (Lipinski definition) is 2. The van der Waals surface area contributed by atoms with Crippen molar-refractivity contribution in [2.24, 2.45) is 0 Å². The monoisotopic (exact) mass is 276 g/mol. The molecule has 18 heavy (non-hydrogen) atoms. The van der Waals surface area contributed by atoms with Crippen LogP contribution in [0.2, 0.25) is 0 Å². The summed E-state index contributed by atoms with van der Waals surface area (Å²) in [7, 11) is 0. The third kappa shape index (κ3) is 2.95. The maximum atomic E-state index is 12.1. The first-order valence-corrected chi connectivity index (χ1v) is 5.64. The Morgan fingerprint density at radius 3 is 2.17 bits per heavy atom. The third-order valence-electron chi connectivity index (χ3n) is 2.22. The van der Waals surface area contributed by atoms with Crippen molar-refractivity contribution >= 4 is 23.7 Å². The lowest BCUT2D eigenvalue weighted by molar-refractivity contribution is -0.120. The number of halogens is 3. The van der Waals surface area contributed by atoms with E-state index in [1.807, 2.05) is 5.32 Å². The van der Waals surface area contributed by atoms with Gasteiger partial charge in [-0.15, -0.1) is 0 Å². The molecule has 1 heterocycles. The fourth-order valence-corrected chi connectivity index (χ4v) is 2.05. The minimum atomic E-state index is -4.35. The van der Waals surface area contributed by atoms with Gasteiger partial charge in [0.1, 0.15) is 6.04 Å². The molecule has 2 rings (SSSR count). The smallest absolute Gasteiger partial charge is 0.322 e. The topological polar surface area (TPSA) is 58.2 Å². The molecule has 1 aromatic rings. The molecule has 0 spiro atoms. The molecule has 0 bridgehead atoms. The van der Waals surface area contributed by atoms with Crippen LogP contribution in [-0.4, -0.2) is 17.4 Å². The second-order valence-corrected chi connectivity index (χ2v) is 4.65. The van der Waals surface area contributed by atoms with Crippen LogP contribution in [-0.2, 0) is 4.79 Å². The maximum absolute atomic E-state index is 12.1. The number of imide groups is 1. The highest BCUT2D eigenvalue weighted by molar-refractivity contribution is 8.00. The summed E-state index contributed by atoms with van der Waals surface area (Å²) in [5, 5.41) is 4.40. The van der Waals surface area contributed by atoms with Crippen molar-refractivity contribution < 1.29 is 22.8 Å². The van der Waals surface area contributed by atoms with Crippen molar-refractivity contribution in [2.45, 2.75) is 16.4 Å². The average molecular weight is 276 g/mol. The summed E-state index contributed by atoms with van der Waals surface area (Å²) in [6.45, 7) is 0. The predicted octanol–water partition coefficient (Wildman–Crippen LogP) is 2.18. The Balaban J connectivity index is 2.13. The minimum Gasteiger partial charge on any atom is -0.322 e. The number of amides is 3. The standard InChI is InChI=1S/C10H7F3N2O2S/c11-10(12,13)18-6-3-1-5(2-4-6)7-8(16)15-9(17)14-7/h1-4,7H,(H2,14,15,16,17). The zero-order valence-electron chi connectivity index (χ0n) is 8.75. The molecule has 1 fully saturated rings. The van der Waals surface area contributed by atoms with Gasteiger partial charge in [-0.1, -0.05) is 12.1 Å². The number of hydrogen-bond acceptors (Lipinski definition) is 3. The fraction of sp³-hybridized carbons (Fsp3) is 0.200. The normalized spacial score (nSPS) is 19.6. The second kappa shape index (κ2) is 4.52. The van der Waals surface area contributed by atoms with E-state index >= 15 is 0 Å². The van der Waals surface area contributed by atoms with E-state index in [0.29, 0.717) is 5.56 Å². The van der Waals surface area contributed by atoms with Gasteiger partial charge in [0, 0.05) is 4.90 Å². The molecule has 8 heteroatoms. The van der Waals surface area contributed by atoms with Gasteiger partial charge in [-0.3, -0.25) is 10.1 Å². The van der Waals surface area contributed by atoms with E-state index in [1.54, 1.807) is 0 Å². The quantitative estimate of drug-likeness (QED) is 0.643. The maximum Gasteiger partial charge on any atom is 0.446 e. The van der Waals surface area contributed by atoms with Crippen LogP contribution in [0.15, 0.2) is 29.2 Å². The van der Waals surface area contributed by atoms with Gasteiger partial charge in [-0.05, 0) is 29.5 Å². The largest absolute Gasteiger partial charge is 0.446 e. The Hall–Kier alpha value is -1.70. The zero-order valence-corrected chi connectivity index (χ0v) is 9.56. The summed E-state index contributed by atoms with van der Waals surface area (Å²) in [5.41, 5.74) is -3.91. The molecule has 2 N–H and O–H groups in total. The Morgan fingerprint density at radius 2 is 1.72 bits per heavy atom. The predicted molar refractivity (Wildman–Crippen MR) is 57.8 cm³/mol. The van der Waals surface area contributed by atoms with Gasteiger partial charge in [-0.2, -0.15) is 13.2 Å². The van der Waals surface area contributed by atoms with Gasteiger partial charge in [0.05, 0.1) is 0 Å². The van der Waals surface area contributed by atoms with Gasteiger partial charge in [-0.25, -0.2) is 4.79 Å². The van der Waals surface area contributed by atoms with Crippen LogP contribution >= 0.6 is 11.8 Å². The summed E-state index contributed by atoms with van der Waals surface area (Å²) >= 11 is -0.235. The number of nitrogens with one attached hydrogen (secondary N) is 2. The lowest BCUT2D eigenvalue weighted by Crippen LogP contribution is -2.22. The van der Waals surface area contributed by atoms with Crippen molar-refractivity contribution in [3.8, 4) is 0 Å². The van der Waals surface area contributed by atoms with E-state index in [4.69, 9.17) is 0 Å². The highest BCUT2D eigenvalue weighted by Crippen LogP contribution is 2.37. The summed E-state index contributed by atoms with van der Waals surface area (Å²) in [5.74, 6) is -0.517. The van der Waals surface area contributed by atoms with Gasteiger partial charge in [0.15, 0.2) is 0 Å². The molecule has 1 aliphatic heterocycles. The Kier molecular flexibility index (Phi) is 3.20. The first-order valence-electron chi connectivity index (χ1n) is 4.82. The van der Waals surface area contributed by atoms with E-state index in [1.165, 1.54) is 24.3 Å². The Bertz CT molecular complexity index is 487. The number of carbonyl (C=O) groups excluding carboxylic acids is 2. The molecule has 0 radical (unpaired) electrons. The molecule has 1 unspecified atom stereocenters. The van der Waals surface area contributed by atoms with Crippen molar-refractivity contribution in [1.82, 2.24) is 10.6 Å². The van der Waals surface area contributed by atoms with Crippen molar-refractivity contribution in [3.05, 3.63) is 29.8 Å².